The van der Waals surface area contributed by atoms with Gasteiger partial charge in [0, 0.05) is 45.3 Å². The zero-order chi connectivity index (χ0) is 46.2. The molecule has 0 radical (unpaired) electrons. The van der Waals surface area contributed by atoms with Gasteiger partial charge in [-0.2, -0.15) is 0 Å². The molecule has 8 bridgehead atoms. The van der Waals surface area contributed by atoms with Crippen LogP contribution in [0.4, 0.5) is 0 Å². The average Bonchev–Trinajstić information content (AvgIpc) is 2.87. The fourth-order valence-electron chi connectivity index (χ4n) is 6.81. The molecule has 346 valence electrons. The Bertz CT molecular complexity index is 1410. The number of hydrogen-bond acceptors (Lipinski definition) is 14. The van der Waals surface area contributed by atoms with E-state index in [9.17, 15) is 4.80 Å². The van der Waals surface area contributed by atoms with Crippen molar-refractivity contribution in [2.45, 2.75) is 232 Å². The molecule has 4 atom stereocenters. The lowest BCUT2D eigenvalue weighted by Crippen LogP contribution is -2.92. The maximum Gasteiger partial charge on any atom is 0.489 e. The second-order valence-corrected chi connectivity index (χ2v) is 60.8. The van der Waals surface area contributed by atoms with Gasteiger partial charge in [0.2, 0.25) is 0 Å². The molecule has 0 saturated carbocycles. The van der Waals surface area contributed by atoms with E-state index in [1.165, 1.54) is 0 Å². The molecule has 0 aromatic rings. The monoisotopic (exact) mass is 990 g/mol. The Morgan fingerprint density at radius 1 is 0.186 bits per heavy atom. The third kappa shape index (κ3) is 7.60. The van der Waals surface area contributed by atoms with Crippen molar-refractivity contribution in [1.29, 1.82) is 0 Å². The van der Waals surface area contributed by atoms with Crippen molar-refractivity contribution in [3.05, 3.63) is 0 Å². The maximum atomic E-state index is 13.9. The van der Waals surface area contributed by atoms with Gasteiger partial charge in [-0.15, -0.1) is 0 Å². The minimum atomic E-state index is -4.70. The fourth-order valence-corrected chi connectivity index (χ4v) is 70.7. The zero-order valence-electron chi connectivity index (χ0n) is 41.8. The smallest absolute Gasteiger partial charge is 0.390 e. The molecule has 0 aliphatic carbocycles. The van der Waals surface area contributed by atoms with Crippen molar-refractivity contribution in [1.82, 2.24) is 0 Å². The van der Waals surface area contributed by atoms with Crippen molar-refractivity contribution >= 4 is 79.2 Å². The van der Waals surface area contributed by atoms with Crippen LogP contribution in [0.15, 0.2) is 0 Å². The summed E-state index contributed by atoms with van der Waals surface area (Å²) in [5.41, 5.74) is 0. The lowest BCUT2D eigenvalue weighted by Gasteiger charge is -2.69. The van der Waals surface area contributed by atoms with Gasteiger partial charge in [0.15, 0.2) is 0 Å². The van der Waals surface area contributed by atoms with Gasteiger partial charge in [0.1, 0.15) is 0 Å². The van der Waals surface area contributed by atoms with E-state index in [1.54, 1.807) is 0 Å². The standard InChI is InChI=1S/C36H82O14Si9/c1-28(2,3)51(37)38-52(29(4,5)6)40-54(31(10,11)12)44-56(33(16,17)18)42-53(39-51,30(7,8)9)43-57(34(19,20)21)45-55(41-52,32(13,14)15)47-58(46-54,35(22,23)24)50-59(48-56,49-57)36(25,26)27/h37H,1-27H3. The minimum absolute atomic E-state index is 0.858. The highest BCUT2D eigenvalue weighted by Gasteiger charge is 2.90. The minimum Gasteiger partial charge on any atom is -0.390 e. The molecule has 0 aromatic heterocycles. The Hall–Kier alpha value is 1.39. The molecule has 0 aromatic carbocycles. The zero-order valence-corrected chi connectivity index (χ0v) is 50.8. The van der Waals surface area contributed by atoms with Crippen LogP contribution in [-0.4, -0.2) is 84.0 Å². The van der Waals surface area contributed by atoms with E-state index in [4.69, 9.17) is 53.5 Å². The van der Waals surface area contributed by atoms with Crippen molar-refractivity contribution in [3.63, 3.8) is 0 Å². The second-order valence-electron chi connectivity index (χ2n) is 26.6. The first-order valence-corrected chi connectivity index (χ1v) is 36.8. The molecule has 59 heavy (non-hydrogen) atoms. The summed E-state index contributed by atoms with van der Waals surface area (Å²) in [6.07, 6.45) is 0. The first kappa shape index (κ1) is 51.4. The molecule has 0 amide bonds. The summed E-state index contributed by atoms with van der Waals surface area (Å²) in [5, 5.41) is -8.36. The van der Waals surface area contributed by atoms with E-state index in [0.717, 1.165) is 0 Å². The van der Waals surface area contributed by atoms with Gasteiger partial charge in [-0.3, -0.25) is 0 Å². The number of fused-ring (bicyclic) bond motifs is 2. The molecule has 6 aliphatic heterocycles. The van der Waals surface area contributed by atoms with Gasteiger partial charge in [-0.05, 0) is 0 Å². The summed E-state index contributed by atoms with van der Waals surface area (Å²) in [5.74, 6) is 0. The molecule has 6 aliphatic rings. The Kier molecular flexibility index (Phi) is 11.8. The Morgan fingerprint density at radius 2 is 0.288 bits per heavy atom. The van der Waals surface area contributed by atoms with Crippen LogP contribution in [0.3, 0.4) is 0 Å². The predicted molar refractivity (Wildman–Crippen MR) is 246 cm³/mol. The third-order valence-corrected chi connectivity index (χ3v) is 56.4. The van der Waals surface area contributed by atoms with E-state index >= 15 is 0 Å². The third-order valence-electron chi connectivity index (χ3n) is 11.8. The van der Waals surface area contributed by atoms with Crippen LogP contribution in [-0.2, 0) is 53.5 Å². The van der Waals surface area contributed by atoms with Crippen LogP contribution >= 0.6 is 0 Å². The maximum absolute atomic E-state index is 13.9. The summed E-state index contributed by atoms with van der Waals surface area (Å²) in [4.78, 5) is 13.9. The van der Waals surface area contributed by atoms with Crippen LogP contribution in [0.2, 0.25) is 45.3 Å². The van der Waals surface area contributed by atoms with E-state index in [-0.39, 0.29) is 0 Å². The molecule has 23 heteroatoms. The SMILES string of the molecule is CC(C)(C)[Si]1(O)O[Si]2(C(C)(C)C)O[Si]3(C(C)(C)C)O[Si]4(C(C)(C)C)O[Si](C(C)(C)C)(O1)O[Si]1(C(C)(C)C)O[Si](C(C)(C)C)(O2)O[Si](C(C)(C)C)(O3)O[Si](C(C)(C)C)(O4)O1. The molecule has 6 fully saturated rings. The van der Waals surface area contributed by atoms with Gasteiger partial charge in [-0.25, -0.2) is 0 Å². The van der Waals surface area contributed by atoms with Gasteiger partial charge < -0.3 is 58.3 Å². The molecule has 14 nitrogen and oxygen atoms in total. The number of hydrogen-bond donors (Lipinski definition) is 1. The Balaban J connectivity index is 2.29. The van der Waals surface area contributed by atoms with Gasteiger partial charge in [0.05, 0.1) is 0 Å². The first-order chi connectivity index (χ1) is 25.4. The summed E-state index contributed by atoms with van der Waals surface area (Å²) >= 11 is 0. The average molecular weight is 992 g/mol. The lowest BCUT2D eigenvalue weighted by molar-refractivity contribution is -0.0570. The van der Waals surface area contributed by atoms with Crippen LogP contribution in [0.1, 0.15) is 187 Å². The number of rotatable bonds is 0. The fraction of sp³-hybridized carbons (Fsp3) is 1.00. The van der Waals surface area contributed by atoms with E-state index in [2.05, 4.69) is 41.5 Å². The first-order valence-electron chi connectivity index (χ1n) is 21.3. The Labute approximate surface area is 368 Å². The molecule has 0 spiro atoms. The summed E-state index contributed by atoms with van der Waals surface area (Å²) in [6.45, 7) is 54.7. The Morgan fingerprint density at radius 3 is 0.373 bits per heavy atom. The van der Waals surface area contributed by atoms with Crippen LogP contribution in [0.25, 0.3) is 0 Å². The van der Waals surface area contributed by atoms with Gasteiger partial charge in [-0.1, -0.05) is 187 Å². The predicted octanol–water partition coefficient (Wildman–Crippen LogP) is 10.9. The molecule has 6 saturated heterocycles. The highest BCUT2D eigenvalue weighted by atomic mass is 28.6. The highest BCUT2D eigenvalue weighted by Crippen LogP contribution is 2.68. The van der Waals surface area contributed by atoms with Gasteiger partial charge in [0.25, 0.3) is 0 Å². The van der Waals surface area contributed by atoms with Gasteiger partial charge >= 0.3 is 79.2 Å². The summed E-state index contributed by atoms with van der Waals surface area (Å²) < 4.78 is 104. The summed E-state index contributed by atoms with van der Waals surface area (Å²) in [7, 11) is -40.7. The molecule has 6 heterocycles. The second kappa shape index (κ2) is 13.5. The van der Waals surface area contributed by atoms with E-state index in [0.29, 0.717) is 0 Å². The van der Waals surface area contributed by atoms with E-state index in [1.807, 2.05) is 145 Å². The molecular formula is C36H82O14Si9. The highest BCUT2D eigenvalue weighted by molar-refractivity contribution is 7.05. The van der Waals surface area contributed by atoms with E-state index < -0.39 is 125 Å². The van der Waals surface area contributed by atoms with Crippen LogP contribution in [0, 0.1) is 0 Å². The molecular weight excluding hydrogens is 909 g/mol. The van der Waals surface area contributed by atoms with Crippen LogP contribution < -0.4 is 0 Å². The molecule has 6 rings (SSSR count). The summed E-state index contributed by atoms with van der Waals surface area (Å²) in [6, 6.07) is 0. The lowest BCUT2D eigenvalue weighted by atomic mass is 10.3. The van der Waals surface area contributed by atoms with Crippen LogP contribution in [0.5, 0.6) is 0 Å². The normalized spacial score (nSPS) is 43.3. The van der Waals surface area contributed by atoms with Crippen molar-refractivity contribution in [2.24, 2.45) is 0 Å². The molecule has 1 N–H and O–H groups in total. The van der Waals surface area contributed by atoms with Crippen molar-refractivity contribution < 1.29 is 58.3 Å². The topological polar surface area (TPSA) is 140 Å². The van der Waals surface area contributed by atoms with Crippen molar-refractivity contribution in [3.8, 4) is 0 Å². The van der Waals surface area contributed by atoms with Crippen molar-refractivity contribution in [2.75, 3.05) is 0 Å². The quantitative estimate of drug-likeness (QED) is 0.230. The molecule has 4 unspecified atom stereocenters. The largest absolute Gasteiger partial charge is 0.489 e.